The zero-order valence-corrected chi connectivity index (χ0v) is 18.2. The third kappa shape index (κ3) is 6.34. The number of piperazine rings is 1. The van der Waals surface area contributed by atoms with E-state index in [4.69, 9.17) is 23.2 Å². The van der Waals surface area contributed by atoms with E-state index in [9.17, 15) is 13.2 Å². The molecule has 156 valence electrons. The van der Waals surface area contributed by atoms with Crippen molar-refractivity contribution >= 4 is 44.8 Å². The topological polar surface area (TPSA) is 69.7 Å². The molecule has 2 aromatic rings. The van der Waals surface area contributed by atoms with E-state index in [1.54, 1.807) is 24.3 Å². The third-order valence-corrected chi connectivity index (χ3v) is 7.16. The number of halogens is 2. The van der Waals surface area contributed by atoms with E-state index in [1.165, 1.54) is 4.31 Å². The van der Waals surface area contributed by atoms with Gasteiger partial charge in [0.25, 0.3) is 0 Å². The molecule has 0 radical (unpaired) electrons. The maximum Gasteiger partial charge on any atom is 0.224 e. The van der Waals surface area contributed by atoms with Gasteiger partial charge >= 0.3 is 0 Å². The normalized spacial score (nSPS) is 15.3. The Hall–Kier alpha value is -1.80. The van der Waals surface area contributed by atoms with E-state index in [-0.39, 0.29) is 24.6 Å². The number of rotatable bonds is 7. The first kappa shape index (κ1) is 21.9. The lowest BCUT2D eigenvalue weighted by molar-refractivity contribution is -0.120. The maximum absolute atomic E-state index is 12.6. The van der Waals surface area contributed by atoms with Crippen molar-refractivity contribution < 1.29 is 13.2 Å². The van der Waals surface area contributed by atoms with Crippen LogP contribution in [0.2, 0.25) is 10.0 Å². The van der Waals surface area contributed by atoms with Crippen LogP contribution in [0.25, 0.3) is 0 Å². The number of anilines is 1. The second kappa shape index (κ2) is 9.80. The van der Waals surface area contributed by atoms with E-state index in [0.29, 0.717) is 36.2 Å². The van der Waals surface area contributed by atoms with Gasteiger partial charge in [0, 0.05) is 48.5 Å². The van der Waals surface area contributed by atoms with Crippen molar-refractivity contribution in [3.63, 3.8) is 0 Å². The highest BCUT2D eigenvalue weighted by Gasteiger charge is 2.26. The zero-order valence-electron chi connectivity index (χ0n) is 15.9. The van der Waals surface area contributed by atoms with Crippen molar-refractivity contribution in [2.45, 2.75) is 6.42 Å². The fourth-order valence-corrected chi connectivity index (χ4v) is 4.76. The van der Waals surface area contributed by atoms with Gasteiger partial charge in [-0.1, -0.05) is 35.3 Å². The van der Waals surface area contributed by atoms with Crippen LogP contribution in [0.15, 0.2) is 48.5 Å². The van der Waals surface area contributed by atoms with Crippen LogP contribution in [0.1, 0.15) is 5.56 Å². The number of hydrogen-bond donors (Lipinski definition) is 1. The second-order valence-corrected chi connectivity index (χ2v) is 9.79. The molecular formula is C20H23Cl2N3O3S. The van der Waals surface area contributed by atoms with E-state index in [2.05, 4.69) is 10.2 Å². The van der Waals surface area contributed by atoms with Gasteiger partial charge in [-0.15, -0.1) is 0 Å². The van der Waals surface area contributed by atoms with Crippen molar-refractivity contribution in [1.29, 1.82) is 0 Å². The predicted octanol–water partition coefficient (Wildman–Crippen LogP) is 2.80. The predicted molar refractivity (Wildman–Crippen MR) is 117 cm³/mol. The molecule has 29 heavy (non-hydrogen) atoms. The number of amides is 1. The van der Waals surface area contributed by atoms with Crippen LogP contribution in [0.4, 0.5) is 5.69 Å². The molecule has 1 heterocycles. The molecule has 1 amide bonds. The molecule has 2 aromatic carbocycles. The van der Waals surface area contributed by atoms with Gasteiger partial charge in [-0.3, -0.25) is 4.79 Å². The van der Waals surface area contributed by atoms with Crippen molar-refractivity contribution in [3.05, 3.63) is 64.1 Å². The van der Waals surface area contributed by atoms with Crippen LogP contribution in [0, 0.1) is 0 Å². The zero-order chi connectivity index (χ0) is 20.9. The minimum atomic E-state index is -3.42. The Morgan fingerprint density at radius 3 is 2.03 bits per heavy atom. The molecule has 0 saturated carbocycles. The Bertz CT molecular complexity index is 926. The molecule has 0 aromatic heterocycles. The lowest BCUT2D eigenvalue weighted by Gasteiger charge is -2.35. The Balaban J connectivity index is 1.43. The molecule has 9 heteroatoms. The van der Waals surface area contributed by atoms with Crippen molar-refractivity contribution in [2.24, 2.45) is 0 Å². The smallest absolute Gasteiger partial charge is 0.224 e. The van der Waals surface area contributed by atoms with Gasteiger partial charge in [-0.25, -0.2) is 8.42 Å². The van der Waals surface area contributed by atoms with Crippen LogP contribution in [0.3, 0.4) is 0 Å². The summed E-state index contributed by atoms with van der Waals surface area (Å²) in [7, 11) is -3.42. The number of sulfonamides is 1. The maximum atomic E-state index is 12.6. The molecule has 0 atom stereocenters. The van der Waals surface area contributed by atoms with Gasteiger partial charge in [0.15, 0.2) is 0 Å². The van der Waals surface area contributed by atoms with Gasteiger partial charge in [0.2, 0.25) is 15.9 Å². The first-order chi connectivity index (χ1) is 13.8. The minimum absolute atomic E-state index is 0.0894. The largest absolute Gasteiger partial charge is 0.369 e. The summed E-state index contributed by atoms with van der Waals surface area (Å²) in [6, 6.07) is 14.5. The summed E-state index contributed by atoms with van der Waals surface area (Å²) < 4.78 is 26.6. The lowest BCUT2D eigenvalue weighted by Crippen LogP contribution is -2.50. The van der Waals surface area contributed by atoms with Crippen molar-refractivity contribution in [2.75, 3.05) is 43.4 Å². The monoisotopic (exact) mass is 455 g/mol. The Morgan fingerprint density at radius 2 is 1.45 bits per heavy atom. The van der Waals surface area contributed by atoms with Gasteiger partial charge in [0.1, 0.15) is 0 Å². The molecular weight excluding hydrogens is 433 g/mol. The third-order valence-electron chi connectivity index (χ3n) is 4.78. The van der Waals surface area contributed by atoms with Crippen LogP contribution in [0.5, 0.6) is 0 Å². The standard InChI is InChI=1S/C20H23Cl2N3O3S/c21-17-3-1-16(2-4-17)15-20(26)23-9-14-29(27,28)25-12-10-24(11-13-25)19-7-5-18(22)6-8-19/h1-8H,9-15H2,(H,23,26). The number of carbonyl (C=O) groups is 1. The lowest BCUT2D eigenvalue weighted by atomic mass is 10.1. The first-order valence-corrected chi connectivity index (χ1v) is 11.7. The van der Waals surface area contributed by atoms with Crippen LogP contribution in [-0.2, 0) is 21.2 Å². The van der Waals surface area contributed by atoms with Crippen molar-refractivity contribution in [1.82, 2.24) is 9.62 Å². The number of benzene rings is 2. The van der Waals surface area contributed by atoms with Gasteiger partial charge in [-0.2, -0.15) is 4.31 Å². The summed E-state index contributed by atoms with van der Waals surface area (Å²) >= 11 is 11.7. The highest BCUT2D eigenvalue weighted by molar-refractivity contribution is 7.89. The molecule has 0 spiro atoms. The van der Waals surface area contributed by atoms with E-state index >= 15 is 0 Å². The molecule has 1 aliphatic heterocycles. The molecule has 0 bridgehead atoms. The number of nitrogens with one attached hydrogen (secondary N) is 1. The van der Waals surface area contributed by atoms with Crippen LogP contribution in [-0.4, -0.2) is 57.1 Å². The molecule has 1 fully saturated rings. The highest BCUT2D eigenvalue weighted by Crippen LogP contribution is 2.20. The summed E-state index contributed by atoms with van der Waals surface area (Å²) in [5.74, 6) is -0.324. The van der Waals surface area contributed by atoms with E-state index in [1.807, 2.05) is 24.3 Å². The second-order valence-electron chi connectivity index (χ2n) is 6.83. The Labute approximate surface area is 181 Å². The fourth-order valence-electron chi connectivity index (χ4n) is 3.18. The number of hydrogen-bond acceptors (Lipinski definition) is 4. The summed E-state index contributed by atoms with van der Waals surface area (Å²) in [5.41, 5.74) is 1.86. The van der Waals surface area contributed by atoms with Gasteiger partial charge in [-0.05, 0) is 42.0 Å². The molecule has 0 unspecified atom stereocenters. The van der Waals surface area contributed by atoms with E-state index in [0.717, 1.165) is 11.3 Å². The molecule has 1 N–H and O–H groups in total. The summed E-state index contributed by atoms with van der Waals surface area (Å²) in [4.78, 5) is 14.1. The average Bonchev–Trinajstić information content (AvgIpc) is 2.70. The molecule has 1 aliphatic rings. The molecule has 1 saturated heterocycles. The SMILES string of the molecule is O=C(Cc1ccc(Cl)cc1)NCCS(=O)(=O)N1CCN(c2ccc(Cl)cc2)CC1. The van der Waals surface area contributed by atoms with E-state index < -0.39 is 10.0 Å². The summed E-state index contributed by atoms with van der Waals surface area (Å²) in [6.07, 6.45) is 0.191. The van der Waals surface area contributed by atoms with Crippen LogP contribution >= 0.6 is 23.2 Å². The van der Waals surface area contributed by atoms with Gasteiger partial charge in [0.05, 0.1) is 12.2 Å². The average molecular weight is 456 g/mol. The van der Waals surface area contributed by atoms with Crippen molar-refractivity contribution in [3.8, 4) is 0 Å². The highest BCUT2D eigenvalue weighted by atomic mass is 35.5. The molecule has 3 rings (SSSR count). The summed E-state index contributed by atoms with van der Waals surface area (Å²) in [5, 5.41) is 3.96. The summed E-state index contributed by atoms with van der Waals surface area (Å²) in [6.45, 7) is 2.16. The molecule has 0 aliphatic carbocycles. The Morgan fingerprint density at radius 1 is 0.897 bits per heavy atom. The first-order valence-electron chi connectivity index (χ1n) is 9.33. The van der Waals surface area contributed by atoms with Gasteiger partial charge < -0.3 is 10.2 Å². The molecule has 6 nitrogen and oxygen atoms in total. The quantitative estimate of drug-likeness (QED) is 0.696. The number of nitrogens with zero attached hydrogens (tertiary/aromatic N) is 2. The fraction of sp³-hybridized carbons (Fsp3) is 0.350. The number of carbonyl (C=O) groups excluding carboxylic acids is 1. The minimum Gasteiger partial charge on any atom is -0.369 e. The Kier molecular flexibility index (Phi) is 7.40. The van der Waals surface area contributed by atoms with Crippen LogP contribution < -0.4 is 10.2 Å².